The summed E-state index contributed by atoms with van der Waals surface area (Å²) in [7, 11) is 0. The summed E-state index contributed by atoms with van der Waals surface area (Å²) >= 11 is 1.08. The zero-order chi connectivity index (χ0) is 21.1. The van der Waals surface area contributed by atoms with Crippen LogP contribution in [0.4, 0.5) is 4.39 Å². The van der Waals surface area contributed by atoms with Crippen molar-refractivity contribution in [3.05, 3.63) is 76.7 Å². The number of aromatic nitrogens is 5. The molecule has 0 aliphatic carbocycles. The van der Waals surface area contributed by atoms with Gasteiger partial charge in [0.25, 0.3) is 5.91 Å². The number of hydrogen-bond donors (Lipinski definition) is 1. The lowest BCUT2D eigenvalue weighted by molar-refractivity contribution is 0.0949. The number of nitrogens with one attached hydrogen (secondary N) is 1. The summed E-state index contributed by atoms with van der Waals surface area (Å²) in [6.45, 7) is 4.22. The molecule has 7 nitrogen and oxygen atoms in total. The minimum absolute atomic E-state index is 0.197. The van der Waals surface area contributed by atoms with Gasteiger partial charge in [-0.1, -0.05) is 17.4 Å². The molecule has 0 aliphatic rings. The SMILES string of the molecule is Cc1cc(-c2ncc(CNC(=O)c3nnc(-c4cncc(F)c4)s3)cc2C)ccn1. The van der Waals surface area contributed by atoms with E-state index in [2.05, 4.69) is 30.5 Å². The number of aryl methyl sites for hydroxylation is 2. The average Bonchev–Trinajstić information content (AvgIpc) is 3.22. The van der Waals surface area contributed by atoms with Crippen molar-refractivity contribution in [2.75, 3.05) is 0 Å². The van der Waals surface area contributed by atoms with E-state index in [0.717, 1.165) is 45.6 Å². The molecular weight excluding hydrogens is 403 g/mol. The van der Waals surface area contributed by atoms with Gasteiger partial charge in [-0.15, -0.1) is 10.2 Å². The first-order chi connectivity index (χ1) is 14.5. The van der Waals surface area contributed by atoms with Crippen LogP contribution in [0.1, 0.15) is 26.6 Å². The predicted octanol–water partition coefficient (Wildman–Crippen LogP) is 3.74. The van der Waals surface area contributed by atoms with Gasteiger partial charge < -0.3 is 5.32 Å². The third kappa shape index (κ3) is 4.36. The lowest BCUT2D eigenvalue weighted by Crippen LogP contribution is -2.22. The van der Waals surface area contributed by atoms with Crippen LogP contribution < -0.4 is 5.32 Å². The maximum Gasteiger partial charge on any atom is 0.282 e. The van der Waals surface area contributed by atoms with Crippen molar-refractivity contribution < 1.29 is 9.18 Å². The fourth-order valence-electron chi connectivity index (χ4n) is 2.94. The number of hydrogen-bond acceptors (Lipinski definition) is 7. The van der Waals surface area contributed by atoms with E-state index in [1.54, 1.807) is 12.4 Å². The Morgan fingerprint density at radius 3 is 2.70 bits per heavy atom. The highest BCUT2D eigenvalue weighted by molar-refractivity contribution is 7.16. The summed E-state index contributed by atoms with van der Waals surface area (Å²) in [5.41, 5.74) is 5.17. The lowest BCUT2D eigenvalue weighted by Gasteiger charge is -2.09. The van der Waals surface area contributed by atoms with Crippen molar-refractivity contribution in [1.82, 2.24) is 30.5 Å². The molecule has 0 aromatic carbocycles. The molecule has 1 N–H and O–H groups in total. The van der Waals surface area contributed by atoms with Gasteiger partial charge in [-0.2, -0.15) is 0 Å². The van der Waals surface area contributed by atoms with Crippen LogP contribution >= 0.6 is 11.3 Å². The van der Waals surface area contributed by atoms with Gasteiger partial charge in [0, 0.05) is 42.0 Å². The number of carbonyl (C=O) groups is 1. The molecule has 0 aliphatic heterocycles. The molecule has 150 valence electrons. The van der Waals surface area contributed by atoms with Crippen LogP contribution in [-0.2, 0) is 6.54 Å². The second-order valence-corrected chi connectivity index (χ2v) is 7.66. The van der Waals surface area contributed by atoms with Crippen LogP contribution in [0.2, 0.25) is 0 Å². The first-order valence-corrected chi connectivity index (χ1v) is 9.92. The zero-order valence-corrected chi connectivity index (χ0v) is 17.1. The molecule has 0 radical (unpaired) electrons. The van der Waals surface area contributed by atoms with Crippen LogP contribution in [0, 0.1) is 19.7 Å². The number of carbonyl (C=O) groups excluding carboxylic acids is 1. The van der Waals surface area contributed by atoms with Crippen molar-refractivity contribution >= 4 is 17.2 Å². The summed E-state index contributed by atoms with van der Waals surface area (Å²) in [6, 6.07) is 7.20. The van der Waals surface area contributed by atoms with Crippen molar-refractivity contribution in [3.8, 4) is 21.8 Å². The molecule has 4 heterocycles. The van der Waals surface area contributed by atoms with Crippen LogP contribution in [0.25, 0.3) is 21.8 Å². The van der Waals surface area contributed by atoms with Crippen LogP contribution in [0.3, 0.4) is 0 Å². The Morgan fingerprint density at radius 2 is 1.93 bits per heavy atom. The largest absolute Gasteiger partial charge is 0.346 e. The summed E-state index contributed by atoms with van der Waals surface area (Å²) in [5.74, 6) is -0.823. The molecule has 30 heavy (non-hydrogen) atoms. The third-order valence-electron chi connectivity index (χ3n) is 4.33. The van der Waals surface area contributed by atoms with E-state index in [4.69, 9.17) is 0 Å². The Labute approximate surface area is 176 Å². The van der Waals surface area contributed by atoms with Gasteiger partial charge in [0.05, 0.1) is 11.9 Å². The van der Waals surface area contributed by atoms with E-state index in [1.807, 2.05) is 32.0 Å². The number of amides is 1. The molecule has 4 aromatic rings. The highest BCUT2D eigenvalue weighted by Crippen LogP contribution is 2.24. The predicted molar refractivity (Wildman–Crippen MR) is 111 cm³/mol. The third-order valence-corrected chi connectivity index (χ3v) is 5.30. The first kappa shape index (κ1) is 19.7. The highest BCUT2D eigenvalue weighted by atomic mass is 32.1. The van der Waals surface area contributed by atoms with E-state index in [1.165, 1.54) is 12.3 Å². The van der Waals surface area contributed by atoms with E-state index < -0.39 is 5.82 Å². The second kappa shape index (κ2) is 8.42. The highest BCUT2D eigenvalue weighted by Gasteiger charge is 2.15. The van der Waals surface area contributed by atoms with Gasteiger partial charge in [-0.05, 0) is 43.2 Å². The molecule has 0 atom stereocenters. The van der Waals surface area contributed by atoms with Gasteiger partial charge in [0.2, 0.25) is 5.01 Å². The Morgan fingerprint density at radius 1 is 1.07 bits per heavy atom. The number of nitrogens with zero attached hydrogens (tertiary/aromatic N) is 5. The summed E-state index contributed by atoms with van der Waals surface area (Å²) in [6.07, 6.45) is 6.08. The molecular formula is C21H17FN6OS. The molecule has 9 heteroatoms. The van der Waals surface area contributed by atoms with Gasteiger partial charge in [-0.25, -0.2) is 4.39 Å². The van der Waals surface area contributed by atoms with E-state index in [9.17, 15) is 9.18 Å². The maximum absolute atomic E-state index is 13.3. The quantitative estimate of drug-likeness (QED) is 0.529. The van der Waals surface area contributed by atoms with Crippen molar-refractivity contribution in [1.29, 1.82) is 0 Å². The molecule has 4 aromatic heterocycles. The molecule has 0 saturated heterocycles. The molecule has 4 rings (SSSR count). The summed E-state index contributed by atoms with van der Waals surface area (Å²) < 4.78 is 13.3. The first-order valence-electron chi connectivity index (χ1n) is 9.11. The zero-order valence-electron chi connectivity index (χ0n) is 16.3. The average molecular weight is 420 g/mol. The lowest BCUT2D eigenvalue weighted by atomic mass is 10.1. The van der Waals surface area contributed by atoms with Gasteiger partial charge >= 0.3 is 0 Å². The molecule has 0 saturated carbocycles. The topological polar surface area (TPSA) is 93.6 Å². The summed E-state index contributed by atoms with van der Waals surface area (Å²) in [5, 5.41) is 11.3. The van der Waals surface area contributed by atoms with Crippen LogP contribution in [0.15, 0.2) is 49.1 Å². The normalized spacial score (nSPS) is 10.8. The van der Waals surface area contributed by atoms with Crippen LogP contribution in [-0.4, -0.2) is 31.1 Å². The number of halogens is 1. The van der Waals surface area contributed by atoms with E-state index in [0.29, 0.717) is 17.1 Å². The van der Waals surface area contributed by atoms with Crippen molar-refractivity contribution in [2.24, 2.45) is 0 Å². The molecule has 0 bridgehead atoms. The van der Waals surface area contributed by atoms with E-state index in [-0.39, 0.29) is 10.9 Å². The second-order valence-electron chi connectivity index (χ2n) is 6.68. The smallest absolute Gasteiger partial charge is 0.282 e. The molecule has 0 spiro atoms. The van der Waals surface area contributed by atoms with Crippen molar-refractivity contribution in [2.45, 2.75) is 20.4 Å². The van der Waals surface area contributed by atoms with Crippen molar-refractivity contribution in [3.63, 3.8) is 0 Å². The van der Waals surface area contributed by atoms with Crippen LogP contribution in [0.5, 0.6) is 0 Å². The minimum atomic E-state index is -0.470. The molecule has 1 amide bonds. The van der Waals surface area contributed by atoms with Gasteiger partial charge in [0.1, 0.15) is 10.8 Å². The fourth-order valence-corrected chi connectivity index (χ4v) is 3.68. The summed E-state index contributed by atoms with van der Waals surface area (Å²) in [4.78, 5) is 25.0. The minimum Gasteiger partial charge on any atom is -0.346 e. The Bertz CT molecular complexity index is 1230. The Hall–Kier alpha value is -3.59. The fraction of sp³-hybridized carbons (Fsp3) is 0.143. The van der Waals surface area contributed by atoms with E-state index >= 15 is 0 Å². The number of pyridine rings is 3. The standard InChI is InChI=1S/C21H17FN6OS/c1-12-5-14(8-25-18(12)15-3-4-24-13(2)6-15)9-26-19(29)21-28-27-20(30-21)16-7-17(22)11-23-10-16/h3-8,10-11H,9H2,1-2H3,(H,26,29). The molecule has 0 fully saturated rings. The van der Waals surface area contributed by atoms with Gasteiger partial charge in [-0.3, -0.25) is 19.7 Å². The molecule has 0 unspecified atom stereocenters. The Balaban J connectivity index is 1.44. The van der Waals surface area contributed by atoms with Gasteiger partial charge in [0.15, 0.2) is 0 Å². The number of rotatable bonds is 5. The Kier molecular flexibility index (Phi) is 5.53. The maximum atomic E-state index is 13.3. The monoisotopic (exact) mass is 420 g/mol.